The molecule has 0 aromatic heterocycles. The maximum absolute atomic E-state index is 11.9. The van der Waals surface area contributed by atoms with Gasteiger partial charge in [-0.1, -0.05) is 0 Å². The SMILES string of the molecule is NC(=O)Nc1ccc(SC(F)(F)F)cc1. The molecule has 0 aliphatic rings. The van der Waals surface area contributed by atoms with Gasteiger partial charge in [-0.15, -0.1) is 0 Å². The summed E-state index contributed by atoms with van der Waals surface area (Å²) in [7, 11) is 0. The molecule has 82 valence electrons. The Morgan fingerprint density at radius 1 is 1.27 bits per heavy atom. The van der Waals surface area contributed by atoms with E-state index in [9.17, 15) is 18.0 Å². The van der Waals surface area contributed by atoms with Crippen molar-refractivity contribution in [1.29, 1.82) is 0 Å². The van der Waals surface area contributed by atoms with Crippen molar-refractivity contribution in [2.75, 3.05) is 5.32 Å². The van der Waals surface area contributed by atoms with Crippen LogP contribution in [0.15, 0.2) is 29.2 Å². The van der Waals surface area contributed by atoms with Gasteiger partial charge in [-0.2, -0.15) is 13.2 Å². The predicted octanol–water partition coefficient (Wildman–Crippen LogP) is 2.79. The number of alkyl halides is 3. The molecule has 0 heterocycles. The molecule has 1 aromatic rings. The zero-order chi connectivity index (χ0) is 11.5. The van der Waals surface area contributed by atoms with E-state index in [1.54, 1.807) is 0 Å². The summed E-state index contributed by atoms with van der Waals surface area (Å²) in [5.41, 5.74) is 0.878. The first kappa shape index (κ1) is 11.7. The first-order valence-corrected chi connectivity index (χ1v) is 4.61. The number of primary amides is 1. The monoisotopic (exact) mass is 236 g/mol. The molecule has 2 amide bonds. The molecule has 1 aromatic carbocycles. The number of anilines is 1. The highest BCUT2D eigenvalue weighted by Gasteiger charge is 2.28. The van der Waals surface area contributed by atoms with Crippen molar-refractivity contribution >= 4 is 23.5 Å². The lowest BCUT2D eigenvalue weighted by Crippen LogP contribution is -2.19. The minimum absolute atomic E-state index is 0.0533. The molecule has 0 aliphatic carbocycles. The van der Waals surface area contributed by atoms with Gasteiger partial charge in [0.25, 0.3) is 0 Å². The molecule has 0 radical (unpaired) electrons. The Morgan fingerprint density at radius 3 is 2.20 bits per heavy atom. The van der Waals surface area contributed by atoms with Crippen LogP contribution in [0, 0.1) is 0 Å². The molecular formula is C8H7F3N2OS. The largest absolute Gasteiger partial charge is 0.446 e. The van der Waals surface area contributed by atoms with Gasteiger partial charge in [-0.3, -0.25) is 0 Å². The second kappa shape index (κ2) is 4.43. The van der Waals surface area contributed by atoms with E-state index < -0.39 is 11.5 Å². The number of nitrogens with two attached hydrogens (primary N) is 1. The van der Waals surface area contributed by atoms with E-state index in [-0.39, 0.29) is 16.7 Å². The van der Waals surface area contributed by atoms with Gasteiger partial charge in [0, 0.05) is 10.6 Å². The lowest BCUT2D eigenvalue weighted by Gasteiger charge is -2.06. The molecule has 7 heteroatoms. The van der Waals surface area contributed by atoms with Gasteiger partial charge in [0.1, 0.15) is 0 Å². The molecule has 0 unspecified atom stereocenters. The first-order valence-electron chi connectivity index (χ1n) is 3.79. The fraction of sp³-hybridized carbons (Fsp3) is 0.125. The average molecular weight is 236 g/mol. The molecule has 0 aliphatic heterocycles. The number of nitrogens with one attached hydrogen (secondary N) is 1. The van der Waals surface area contributed by atoms with E-state index in [2.05, 4.69) is 5.32 Å². The van der Waals surface area contributed by atoms with Crippen LogP contribution in [0.4, 0.5) is 23.7 Å². The number of thioether (sulfide) groups is 1. The number of amides is 2. The van der Waals surface area contributed by atoms with Crippen LogP contribution in [0.2, 0.25) is 0 Å². The molecule has 3 nitrogen and oxygen atoms in total. The van der Waals surface area contributed by atoms with Gasteiger partial charge in [0.2, 0.25) is 0 Å². The van der Waals surface area contributed by atoms with Crippen LogP contribution in [0.1, 0.15) is 0 Å². The van der Waals surface area contributed by atoms with E-state index in [1.807, 2.05) is 0 Å². The van der Waals surface area contributed by atoms with Gasteiger partial charge in [-0.05, 0) is 36.0 Å². The summed E-state index contributed by atoms with van der Waals surface area (Å²) in [6, 6.07) is 4.44. The molecule has 3 N–H and O–H groups in total. The highest BCUT2D eigenvalue weighted by Crippen LogP contribution is 2.36. The standard InChI is InChI=1S/C8H7F3N2OS/c9-8(10,11)15-6-3-1-5(2-4-6)13-7(12)14/h1-4H,(H3,12,13,14). The molecule has 0 saturated carbocycles. The summed E-state index contributed by atoms with van der Waals surface area (Å²) in [4.78, 5) is 10.5. The number of urea groups is 1. The van der Waals surface area contributed by atoms with Gasteiger partial charge in [0.05, 0.1) is 0 Å². The highest BCUT2D eigenvalue weighted by atomic mass is 32.2. The smallest absolute Gasteiger partial charge is 0.351 e. The topological polar surface area (TPSA) is 55.1 Å². The number of halogens is 3. The molecular weight excluding hydrogens is 229 g/mol. The zero-order valence-corrected chi connectivity index (χ0v) is 8.15. The first-order chi connectivity index (χ1) is 6.87. The normalized spacial score (nSPS) is 11.1. The van der Waals surface area contributed by atoms with Crippen molar-refractivity contribution in [2.45, 2.75) is 10.4 Å². The lowest BCUT2D eigenvalue weighted by atomic mass is 10.3. The summed E-state index contributed by atoms with van der Waals surface area (Å²) in [6.45, 7) is 0. The lowest BCUT2D eigenvalue weighted by molar-refractivity contribution is -0.0328. The fourth-order valence-corrected chi connectivity index (χ4v) is 1.42. The third-order valence-electron chi connectivity index (χ3n) is 1.36. The third-order valence-corrected chi connectivity index (χ3v) is 2.09. The molecule has 15 heavy (non-hydrogen) atoms. The predicted molar refractivity (Wildman–Crippen MR) is 51.6 cm³/mol. The molecule has 0 saturated heterocycles. The van der Waals surface area contributed by atoms with Crippen molar-refractivity contribution in [1.82, 2.24) is 0 Å². The molecule has 0 spiro atoms. The van der Waals surface area contributed by atoms with E-state index in [4.69, 9.17) is 5.73 Å². The second-order valence-electron chi connectivity index (χ2n) is 2.56. The maximum atomic E-state index is 11.9. The third kappa shape index (κ3) is 4.59. The Kier molecular flexibility index (Phi) is 3.46. The summed E-state index contributed by atoms with van der Waals surface area (Å²) in [6.07, 6.45) is 0. The molecule has 0 fully saturated rings. The Morgan fingerprint density at radius 2 is 1.80 bits per heavy atom. The van der Waals surface area contributed by atoms with E-state index in [1.165, 1.54) is 24.3 Å². The number of benzene rings is 1. The van der Waals surface area contributed by atoms with Crippen molar-refractivity contribution in [3.8, 4) is 0 Å². The summed E-state index contributed by atoms with van der Waals surface area (Å²) in [5, 5.41) is 2.24. The van der Waals surface area contributed by atoms with E-state index in [0.717, 1.165) is 0 Å². The summed E-state index contributed by atoms with van der Waals surface area (Å²) in [5.74, 6) is 0. The van der Waals surface area contributed by atoms with Crippen molar-refractivity contribution in [3.63, 3.8) is 0 Å². The second-order valence-corrected chi connectivity index (χ2v) is 3.70. The number of hydrogen-bond acceptors (Lipinski definition) is 2. The van der Waals surface area contributed by atoms with Crippen molar-refractivity contribution < 1.29 is 18.0 Å². The average Bonchev–Trinajstić information content (AvgIpc) is 2.05. The zero-order valence-electron chi connectivity index (χ0n) is 7.34. The molecule has 0 atom stereocenters. The van der Waals surface area contributed by atoms with Gasteiger partial charge in [-0.25, -0.2) is 4.79 Å². The number of carbonyl (C=O) groups excluding carboxylic acids is 1. The van der Waals surface area contributed by atoms with Crippen LogP contribution in [-0.2, 0) is 0 Å². The number of carbonyl (C=O) groups is 1. The van der Waals surface area contributed by atoms with Gasteiger partial charge in [0.15, 0.2) is 0 Å². The Bertz CT molecular complexity index is 350. The summed E-state index contributed by atoms with van der Waals surface area (Å²) < 4.78 is 35.8. The Balaban J connectivity index is 2.68. The summed E-state index contributed by atoms with van der Waals surface area (Å²) >= 11 is -0.216. The quantitative estimate of drug-likeness (QED) is 0.776. The van der Waals surface area contributed by atoms with Crippen LogP contribution in [0.5, 0.6) is 0 Å². The molecule has 1 rings (SSSR count). The van der Waals surface area contributed by atoms with Crippen LogP contribution >= 0.6 is 11.8 Å². The van der Waals surface area contributed by atoms with Crippen LogP contribution in [-0.4, -0.2) is 11.5 Å². The van der Waals surface area contributed by atoms with Crippen molar-refractivity contribution in [3.05, 3.63) is 24.3 Å². The highest BCUT2D eigenvalue weighted by molar-refractivity contribution is 8.00. The van der Waals surface area contributed by atoms with Gasteiger partial charge >= 0.3 is 11.5 Å². The minimum Gasteiger partial charge on any atom is -0.351 e. The van der Waals surface area contributed by atoms with Crippen LogP contribution in [0.3, 0.4) is 0 Å². The molecule has 0 bridgehead atoms. The maximum Gasteiger partial charge on any atom is 0.446 e. The Labute approximate surface area is 87.8 Å². The van der Waals surface area contributed by atoms with Crippen LogP contribution in [0.25, 0.3) is 0 Å². The minimum atomic E-state index is -4.31. The van der Waals surface area contributed by atoms with E-state index in [0.29, 0.717) is 5.69 Å². The van der Waals surface area contributed by atoms with Crippen molar-refractivity contribution in [2.24, 2.45) is 5.73 Å². The fourth-order valence-electron chi connectivity index (χ4n) is 0.882. The Hall–Kier alpha value is -1.37. The van der Waals surface area contributed by atoms with E-state index >= 15 is 0 Å². The number of hydrogen-bond donors (Lipinski definition) is 2. The number of rotatable bonds is 2. The van der Waals surface area contributed by atoms with Gasteiger partial charge < -0.3 is 11.1 Å². The van der Waals surface area contributed by atoms with Crippen LogP contribution < -0.4 is 11.1 Å².